The zero-order valence-electron chi connectivity index (χ0n) is 13.9. The van der Waals surface area contributed by atoms with Gasteiger partial charge in [-0.3, -0.25) is 9.59 Å². The van der Waals surface area contributed by atoms with E-state index in [1.807, 2.05) is 25.1 Å². The van der Waals surface area contributed by atoms with Crippen LogP contribution < -0.4 is 9.62 Å². The van der Waals surface area contributed by atoms with Crippen molar-refractivity contribution in [3.8, 4) is 0 Å². The predicted molar refractivity (Wildman–Crippen MR) is 96.0 cm³/mol. The molecule has 0 unspecified atom stereocenters. The number of sulfonamides is 1. The lowest BCUT2D eigenvalue weighted by Crippen LogP contribution is -2.30. The second kappa shape index (κ2) is 6.33. The number of rotatable bonds is 3. The van der Waals surface area contributed by atoms with Crippen LogP contribution in [0.25, 0.3) is 0 Å². The molecule has 6 nitrogen and oxygen atoms in total. The average Bonchev–Trinajstić information content (AvgIpc) is 2.75. The van der Waals surface area contributed by atoms with Crippen LogP contribution in [0.15, 0.2) is 48.5 Å². The number of anilines is 2. The zero-order valence-corrected chi connectivity index (χ0v) is 14.7. The molecule has 1 aliphatic heterocycles. The Balaban J connectivity index is 1.81. The molecule has 0 saturated carbocycles. The van der Waals surface area contributed by atoms with Crippen LogP contribution in [0.4, 0.5) is 11.4 Å². The van der Waals surface area contributed by atoms with Gasteiger partial charge in [-0.05, 0) is 48.9 Å². The number of hydrogen-bond donors (Lipinski definition) is 1. The van der Waals surface area contributed by atoms with Gasteiger partial charge in [0.2, 0.25) is 15.9 Å². The molecule has 0 spiro atoms. The van der Waals surface area contributed by atoms with E-state index in [1.165, 1.54) is 24.3 Å². The normalized spacial score (nSPS) is 19.0. The monoisotopic (exact) mass is 358 g/mol. The fourth-order valence-corrected chi connectivity index (χ4v) is 4.58. The van der Waals surface area contributed by atoms with Crippen molar-refractivity contribution in [2.24, 2.45) is 5.92 Å². The molecule has 0 radical (unpaired) electrons. The van der Waals surface area contributed by atoms with E-state index < -0.39 is 21.8 Å². The van der Waals surface area contributed by atoms with Crippen molar-refractivity contribution in [3.63, 3.8) is 0 Å². The van der Waals surface area contributed by atoms with E-state index in [4.69, 9.17) is 0 Å². The van der Waals surface area contributed by atoms with Crippen molar-refractivity contribution in [2.45, 2.75) is 13.8 Å². The van der Waals surface area contributed by atoms with Gasteiger partial charge in [-0.15, -0.1) is 0 Å². The molecule has 1 atom stereocenters. The van der Waals surface area contributed by atoms with E-state index in [9.17, 15) is 18.0 Å². The molecular weight excluding hydrogens is 340 g/mol. The number of carbonyl (C=O) groups is 2. The first-order valence-electron chi connectivity index (χ1n) is 7.83. The second-order valence-corrected chi connectivity index (χ2v) is 8.02. The summed E-state index contributed by atoms with van der Waals surface area (Å²) in [6.07, 6.45) is 0. The number of carbonyl (C=O) groups excluding carboxylic acids is 2. The molecule has 1 saturated heterocycles. The van der Waals surface area contributed by atoms with Gasteiger partial charge >= 0.3 is 0 Å². The summed E-state index contributed by atoms with van der Waals surface area (Å²) in [6, 6.07) is 13.4. The molecule has 1 N–H and O–H groups in total. The fraction of sp³-hybridized carbons (Fsp3) is 0.222. The number of nitrogens with one attached hydrogen (secondary N) is 1. The molecular formula is C18H18N2O4S. The summed E-state index contributed by atoms with van der Waals surface area (Å²) in [5.41, 5.74) is 2.34. The van der Waals surface area contributed by atoms with Crippen LogP contribution in [-0.2, 0) is 14.8 Å². The summed E-state index contributed by atoms with van der Waals surface area (Å²) in [6.45, 7) is 3.52. The van der Waals surface area contributed by atoms with Crippen LogP contribution in [0.3, 0.4) is 0 Å². The average molecular weight is 358 g/mol. The van der Waals surface area contributed by atoms with Crippen LogP contribution in [-0.4, -0.2) is 26.0 Å². The Bertz CT molecular complexity index is 936. The van der Waals surface area contributed by atoms with Crippen molar-refractivity contribution in [2.75, 3.05) is 15.4 Å². The first kappa shape index (κ1) is 17.2. The van der Waals surface area contributed by atoms with E-state index in [0.29, 0.717) is 11.3 Å². The molecule has 2 aromatic carbocycles. The van der Waals surface area contributed by atoms with E-state index >= 15 is 0 Å². The summed E-state index contributed by atoms with van der Waals surface area (Å²) in [4.78, 5) is 24.4. The van der Waals surface area contributed by atoms with Crippen LogP contribution in [0.1, 0.15) is 22.8 Å². The topological polar surface area (TPSA) is 83.6 Å². The highest BCUT2D eigenvalue weighted by Crippen LogP contribution is 2.28. The SMILES string of the molecule is Cc1cccc(NC(=O)c2ccc(N3C(=O)[C@H](C)CS3(=O)=O)cc2)c1. The van der Waals surface area contributed by atoms with E-state index in [2.05, 4.69) is 5.32 Å². The number of hydrogen-bond acceptors (Lipinski definition) is 4. The Hall–Kier alpha value is -2.67. The molecule has 0 aliphatic carbocycles. The quantitative estimate of drug-likeness (QED) is 0.914. The third-order valence-electron chi connectivity index (χ3n) is 4.00. The van der Waals surface area contributed by atoms with E-state index in [1.54, 1.807) is 13.0 Å². The highest BCUT2D eigenvalue weighted by atomic mass is 32.2. The minimum atomic E-state index is -3.64. The van der Waals surface area contributed by atoms with Crippen LogP contribution >= 0.6 is 0 Å². The maximum Gasteiger partial charge on any atom is 0.255 e. The third kappa shape index (κ3) is 3.41. The maximum absolute atomic E-state index is 12.3. The smallest absolute Gasteiger partial charge is 0.255 e. The Kier molecular flexibility index (Phi) is 4.34. The molecule has 7 heteroatoms. The molecule has 25 heavy (non-hydrogen) atoms. The molecule has 1 fully saturated rings. The third-order valence-corrected chi connectivity index (χ3v) is 5.87. The summed E-state index contributed by atoms with van der Waals surface area (Å²) in [5, 5.41) is 2.78. The van der Waals surface area contributed by atoms with Gasteiger partial charge in [0.15, 0.2) is 0 Å². The van der Waals surface area contributed by atoms with Crippen molar-refractivity contribution in [1.82, 2.24) is 0 Å². The Morgan fingerprint density at radius 1 is 1.16 bits per heavy atom. The maximum atomic E-state index is 12.3. The van der Waals surface area contributed by atoms with Crippen molar-refractivity contribution >= 4 is 33.2 Å². The molecule has 2 aromatic rings. The first-order valence-corrected chi connectivity index (χ1v) is 9.44. The lowest BCUT2D eigenvalue weighted by Gasteiger charge is -2.15. The lowest BCUT2D eigenvalue weighted by atomic mass is 10.1. The van der Waals surface area contributed by atoms with Gasteiger partial charge in [-0.1, -0.05) is 19.1 Å². The summed E-state index contributed by atoms with van der Waals surface area (Å²) in [7, 11) is -3.64. The Labute approximate surface area is 146 Å². The molecule has 130 valence electrons. The van der Waals surface area contributed by atoms with Gasteiger partial charge in [0.05, 0.1) is 17.4 Å². The molecule has 0 bridgehead atoms. The first-order chi connectivity index (χ1) is 11.8. The Morgan fingerprint density at radius 3 is 2.40 bits per heavy atom. The molecule has 0 aromatic heterocycles. The molecule has 2 amide bonds. The largest absolute Gasteiger partial charge is 0.322 e. The van der Waals surface area contributed by atoms with Gasteiger partial charge in [0, 0.05) is 11.3 Å². The highest BCUT2D eigenvalue weighted by molar-refractivity contribution is 7.94. The standard InChI is InChI=1S/C18H18N2O4S/c1-12-4-3-5-15(10-12)19-17(21)14-6-8-16(9-7-14)20-18(22)13(2)11-25(20,23)24/h3-10,13H,11H2,1-2H3,(H,19,21)/t13-/m1/s1. The minimum absolute atomic E-state index is 0.193. The second-order valence-electron chi connectivity index (χ2n) is 6.15. The van der Waals surface area contributed by atoms with E-state index in [-0.39, 0.29) is 17.3 Å². The van der Waals surface area contributed by atoms with Crippen molar-refractivity contribution in [1.29, 1.82) is 0 Å². The fourth-order valence-electron chi connectivity index (χ4n) is 2.76. The number of amides is 2. The predicted octanol–water partition coefficient (Wildman–Crippen LogP) is 2.56. The number of nitrogens with zero attached hydrogens (tertiary/aromatic N) is 1. The van der Waals surface area contributed by atoms with Crippen molar-refractivity contribution in [3.05, 3.63) is 59.7 Å². The van der Waals surface area contributed by atoms with Gasteiger partial charge in [0.1, 0.15) is 0 Å². The van der Waals surface area contributed by atoms with Crippen LogP contribution in [0, 0.1) is 12.8 Å². The summed E-state index contributed by atoms with van der Waals surface area (Å²) < 4.78 is 25.0. The lowest BCUT2D eigenvalue weighted by molar-refractivity contribution is -0.119. The number of benzene rings is 2. The molecule has 1 aliphatic rings. The Morgan fingerprint density at radius 2 is 1.84 bits per heavy atom. The van der Waals surface area contributed by atoms with Gasteiger partial charge in [-0.25, -0.2) is 12.7 Å². The van der Waals surface area contributed by atoms with Gasteiger partial charge in [-0.2, -0.15) is 0 Å². The van der Waals surface area contributed by atoms with E-state index in [0.717, 1.165) is 9.87 Å². The van der Waals surface area contributed by atoms with Gasteiger partial charge in [0.25, 0.3) is 5.91 Å². The van der Waals surface area contributed by atoms with Crippen LogP contribution in [0.2, 0.25) is 0 Å². The van der Waals surface area contributed by atoms with Gasteiger partial charge < -0.3 is 5.32 Å². The zero-order chi connectivity index (χ0) is 18.2. The highest BCUT2D eigenvalue weighted by Gasteiger charge is 2.41. The molecule has 1 heterocycles. The summed E-state index contributed by atoms with van der Waals surface area (Å²) in [5.74, 6) is -1.51. The summed E-state index contributed by atoms with van der Waals surface area (Å²) >= 11 is 0. The minimum Gasteiger partial charge on any atom is -0.322 e. The number of aryl methyl sites for hydroxylation is 1. The van der Waals surface area contributed by atoms with Crippen molar-refractivity contribution < 1.29 is 18.0 Å². The molecule has 3 rings (SSSR count). The van der Waals surface area contributed by atoms with Crippen LogP contribution in [0.5, 0.6) is 0 Å².